The average molecular weight is 505 g/mol. The van der Waals surface area contributed by atoms with Gasteiger partial charge >= 0.3 is 0 Å². The molecular formula is C23H32BrCl2NO2. The number of unbranched alkanes of at least 4 members (excludes halogenated alkanes) is 5. The first kappa shape index (κ1) is 26.1. The Morgan fingerprint density at radius 2 is 1.66 bits per heavy atom. The van der Waals surface area contributed by atoms with Crippen LogP contribution in [0.4, 0.5) is 0 Å². The highest BCUT2D eigenvalue weighted by molar-refractivity contribution is 9.10. The fraction of sp³-hybridized carbons (Fsp3) is 0.478. The van der Waals surface area contributed by atoms with Gasteiger partial charge in [-0.05, 0) is 64.3 Å². The topological polar surface area (TPSA) is 30.5 Å². The number of halogens is 3. The molecule has 0 fully saturated rings. The molecule has 0 atom stereocenters. The molecule has 2 rings (SSSR count). The minimum atomic E-state index is 0. The Morgan fingerprint density at radius 1 is 0.966 bits per heavy atom. The van der Waals surface area contributed by atoms with E-state index >= 15 is 0 Å². The molecule has 0 aliphatic carbocycles. The van der Waals surface area contributed by atoms with E-state index < -0.39 is 0 Å². The van der Waals surface area contributed by atoms with Gasteiger partial charge in [0.05, 0.1) is 11.6 Å². The lowest BCUT2D eigenvalue weighted by molar-refractivity contribution is 0.282. The van der Waals surface area contributed by atoms with Crippen molar-refractivity contribution in [2.45, 2.75) is 58.6 Å². The zero-order valence-electron chi connectivity index (χ0n) is 17.3. The largest absolute Gasteiger partial charge is 0.493 e. The highest BCUT2D eigenvalue weighted by Crippen LogP contribution is 2.37. The maximum Gasteiger partial charge on any atom is 0.175 e. The summed E-state index contributed by atoms with van der Waals surface area (Å²) in [5.41, 5.74) is 2.23. The summed E-state index contributed by atoms with van der Waals surface area (Å²) in [6, 6.07) is 11.8. The predicted molar refractivity (Wildman–Crippen MR) is 129 cm³/mol. The highest BCUT2D eigenvalue weighted by atomic mass is 79.9. The molecule has 0 amide bonds. The van der Waals surface area contributed by atoms with Crippen molar-refractivity contribution in [3.8, 4) is 11.5 Å². The van der Waals surface area contributed by atoms with Gasteiger partial charge in [-0.15, -0.1) is 12.4 Å². The minimum Gasteiger partial charge on any atom is -0.493 e. The summed E-state index contributed by atoms with van der Waals surface area (Å²) < 4.78 is 12.4. The molecule has 2 aromatic carbocycles. The van der Waals surface area contributed by atoms with Gasteiger partial charge in [-0.3, -0.25) is 0 Å². The second-order valence-corrected chi connectivity index (χ2v) is 8.26. The Balaban J connectivity index is 0.00000420. The Bertz CT molecular complexity index is 711. The maximum absolute atomic E-state index is 5.99. The fourth-order valence-electron chi connectivity index (χ4n) is 3.01. The van der Waals surface area contributed by atoms with E-state index in [2.05, 4.69) is 34.2 Å². The van der Waals surface area contributed by atoms with Crippen LogP contribution in [0, 0.1) is 0 Å². The lowest BCUT2D eigenvalue weighted by atomic mass is 10.1. The molecule has 0 saturated carbocycles. The molecule has 0 aliphatic heterocycles. The van der Waals surface area contributed by atoms with Gasteiger partial charge in [-0.1, -0.05) is 62.8 Å². The van der Waals surface area contributed by atoms with Crippen LogP contribution in [0.2, 0.25) is 5.02 Å². The summed E-state index contributed by atoms with van der Waals surface area (Å²) in [5.74, 6) is 1.46. The average Bonchev–Trinajstić information content (AvgIpc) is 2.70. The van der Waals surface area contributed by atoms with E-state index in [4.69, 9.17) is 21.1 Å². The van der Waals surface area contributed by atoms with Crippen LogP contribution in [0.5, 0.6) is 11.5 Å². The monoisotopic (exact) mass is 503 g/mol. The van der Waals surface area contributed by atoms with Crippen molar-refractivity contribution in [2.75, 3.05) is 13.7 Å². The SMILES string of the molecule is CCCCCCCCNCc1cc(Br)c(OCc2ccc(Cl)cc2)c(OC)c1.Cl. The van der Waals surface area contributed by atoms with Crippen LogP contribution in [-0.2, 0) is 13.2 Å². The van der Waals surface area contributed by atoms with Gasteiger partial charge in [0.25, 0.3) is 0 Å². The van der Waals surface area contributed by atoms with Crippen molar-refractivity contribution >= 4 is 39.9 Å². The Kier molecular flexibility index (Phi) is 13.5. The van der Waals surface area contributed by atoms with Crippen LogP contribution >= 0.6 is 39.9 Å². The summed E-state index contributed by atoms with van der Waals surface area (Å²) in [4.78, 5) is 0. The quantitative estimate of drug-likeness (QED) is 0.285. The number of nitrogens with one attached hydrogen (secondary N) is 1. The van der Waals surface area contributed by atoms with Gasteiger partial charge in [0.2, 0.25) is 0 Å². The molecule has 0 radical (unpaired) electrons. The van der Waals surface area contributed by atoms with E-state index in [1.54, 1.807) is 7.11 Å². The van der Waals surface area contributed by atoms with Gasteiger partial charge in [0.1, 0.15) is 6.61 Å². The third-order valence-electron chi connectivity index (χ3n) is 4.62. The van der Waals surface area contributed by atoms with Crippen LogP contribution in [0.3, 0.4) is 0 Å². The number of ether oxygens (including phenoxy) is 2. The molecule has 0 aromatic heterocycles. The number of benzene rings is 2. The van der Waals surface area contributed by atoms with Gasteiger partial charge in [0.15, 0.2) is 11.5 Å². The summed E-state index contributed by atoms with van der Waals surface area (Å²) in [6.07, 6.45) is 7.89. The van der Waals surface area contributed by atoms with Crippen LogP contribution < -0.4 is 14.8 Å². The molecule has 1 N–H and O–H groups in total. The molecule has 0 unspecified atom stereocenters. The van der Waals surface area contributed by atoms with Gasteiger partial charge in [-0.2, -0.15) is 0 Å². The smallest absolute Gasteiger partial charge is 0.175 e. The molecule has 6 heteroatoms. The van der Waals surface area contributed by atoms with E-state index in [0.717, 1.165) is 39.6 Å². The maximum atomic E-state index is 5.99. The first-order chi connectivity index (χ1) is 13.6. The predicted octanol–water partition coefficient (Wildman–Crippen LogP) is 7.56. The number of hydrogen-bond acceptors (Lipinski definition) is 3. The van der Waals surface area contributed by atoms with Crippen molar-refractivity contribution in [1.82, 2.24) is 5.32 Å². The van der Waals surface area contributed by atoms with E-state index in [-0.39, 0.29) is 12.4 Å². The molecule has 0 aliphatic rings. The molecule has 0 bridgehead atoms. The van der Waals surface area contributed by atoms with Crippen molar-refractivity contribution < 1.29 is 9.47 Å². The minimum absolute atomic E-state index is 0. The second-order valence-electron chi connectivity index (χ2n) is 6.97. The van der Waals surface area contributed by atoms with Crippen LogP contribution in [0.1, 0.15) is 56.6 Å². The molecule has 0 heterocycles. The lowest BCUT2D eigenvalue weighted by Crippen LogP contribution is -2.14. The first-order valence-corrected chi connectivity index (χ1v) is 11.3. The normalized spacial score (nSPS) is 10.5. The zero-order chi connectivity index (χ0) is 20.2. The number of methoxy groups -OCH3 is 1. The molecule has 0 saturated heterocycles. The first-order valence-electron chi connectivity index (χ1n) is 10.1. The summed E-state index contributed by atoms with van der Waals surface area (Å²) in [7, 11) is 1.67. The van der Waals surface area contributed by atoms with Crippen LogP contribution in [0.25, 0.3) is 0 Å². The van der Waals surface area contributed by atoms with Crippen molar-refractivity contribution in [3.63, 3.8) is 0 Å². The zero-order valence-corrected chi connectivity index (χ0v) is 20.5. The summed E-state index contributed by atoms with van der Waals surface area (Å²) in [6.45, 7) is 4.58. The van der Waals surface area contributed by atoms with E-state index in [1.165, 1.54) is 44.1 Å². The Labute approximate surface area is 195 Å². The molecule has 2 aromatic rings. The Morgan fingerprint density at radius 3 is 2.34 bits per heavy atom. The van der Waals surface area contributed by atoms with E-state index in [0.29, 0.717) is 6.61 Å². The van der Waals surface area contributed by atoms with Gasteiger partial charge < -0.3 is 14.8 Å². The molecule has 162 valence electrons. The summed E-state index contributed by atoms with van der Waals surface area (Å²) >= 11 is 9.56. The number of hydrogen-bond donors (Lipinski definition) is 1. The summed E-state index contributed by atoms with van der Waals surface area (Å²) in [5, 5.41) is 4.25. The van der Waals surface area contributed by atoms with E-state index in [1.807, 2.05) is 30.3 Å². The molecule has 3 nitrogen and oxygen atoms in total. The lowest BCUT2D eigenvalue weighted by Gasteiger charge is -2.15. The molecule has 0 spiro atoms. The van der Waals surface area contributed by atoms with Crippen LogP contribution in [-0.4, -0.2) is 13.7 Å². The van der Waals surface area contributed by atoms with E-state index in [9.17, 15) is 0 Å². The highest BCUT2D eigenvalue weighted by Gasteiger charge is 2.12. The molecule has 29 heavy (non-hydrogen) atoms. The second kappa shape index (κ2) is 15.0. The van der Waals surface area contributed by atoms with Crippen molar-refractivity contribution in [2.24, 2.45) is 0 Å². The molecular weight excluding hydrogens is 473 g/mol. The van der Waals surface area contributed by atoms with Crippen molar-refractivity contribution in [1.29, 1.82) is 0 Å². The van der Waals surface area contributed by atoms with Gasteiger partial charge in [-0.25, -0.2) is 0 Å². The third-order valence-corrected chi connectivity index (χ3v) is 5.46. The van der Waals surface area contributed by atoms with Gasteiger partial charge in [0, 0.05) is 11.6 Å². The standard InChI is InChI=1S/C23H31BrClNO2.ClH/c1-3-4-5-6-7-8-13-26-16-19-14-21(24)23(22(15-19)27-2)28-17-18-9-11-20(25)12-10-18;/h9-12,14-15,26H,3-8,13,16-17H2,1-2H3;1H. The number of rotatable bonds is 13. The Hall–Kier alpha value is -0.940. The fourth-order valence-corrected chi connectivity index (χ4v) is 3.74. The van der Waals surface area contributed by atoms with Crippen LogP contribution in [0.15, 0.2) is 40.9 Å². The van der Waals surface area contributed by atoms with Crippen molar-refractivity contribution in [3.05, 3.63) is 57.0 Å². The third kappa shape index (κ3) is 9.61.